The van der Waals surface area contributed by atoms with E-state index in [1.165, 1.54) is 4.90 Å². The molecule has 0 spiro atoms. The van der Waals surface area contributed by atoms with Gasteiger partial charge in [0.15, 0.2) is 6.61 Å². The molecule has 0 saturated carbocycles. The summed E-state index contributed by atoms with van der Waals surface area (Å²) in [5.41, 5.74) is 3.05. The van der Waals surface area contributed by atoms with Gasteiger partial charge < -0.3 is 15.0 Å². The summed E-state index contributed by atoms with van der Waals surface area (Å²) in [5, 5.41) is 3.89. The van der Waals surface area contributed by atoms with Crippen molar-refractivity contribution < 1.29 is 14.3 Å². The molecule has 1 atom stereocenters. The second-order valence-corrected chi connectivity index (χ2v) is 11.0. The van der Waals surface area contributed by atoms with E-state index < -0.39 is 11.6 Å². The van der Waals surface area contributed by atoms with Crippen LogP contribution in [0.5, 0.6) is 5.75 Å². The quantitative estimate of drug-likeness (QED) is 0.335. The van der Waals surface area contributed by atoms with Crippen molar-refractivity contribution in [2.45, 2.75) is 59.2 Å². The third-order valence-corrected chi connectivity index (χ3v) is 6.55. The number of amides is 2. The van der Waals surface area contributed by atoms with E-state index in [1.54, 1.807) is 18.2 Å². The van der Waals surface area contributed by atoms with Crippen LogP contribution in [-0.4, -0.2) is 34.9 Å². The van der Waals surface area contributed by atoms with Gasteiger partial charge in [0.25, 0.3) is 5.91 Å². The van der Waals surface area contributed by atoms with E-state index in [-0.39, 0.29) is 25.0 Å². The fourth-order valence-corrected chi connectivity index (χ4v) is 4.56. The fourth-order valence-electron chi connectivity index (χ4n) is 4.04. The van der Waals surface area contributed by atoms with Crippen molar-refractivity contribution in [3.8, 4) is 5.75 Å². The van der Waals surface area contributed by atoms with Crippen molar-refractivity contribution >= 4 is 35.0 Å². The third kappa shape index (κ3) is 8.24. The second kappa shape index (κ2) is 12.5. The molecule has 0 aliphatic heterocycles. The summed E-state index contributed by atoms with van der Waals surface area (Å²) in [6.07, 6.45) is 0.320. The first-order valence-corrected chi connectivity index (χ1v) is 13.0. The molecule has 7 heteroatoms. The molecule has 2 amide bonds. The molecule has 0 aromatic heterocycles. The predicted octanol–water partition coefficient (Wildman–Crippen LogP) is 6.54. The molecule has 37 heavy (non-hydrogen) atoms. The number of halogens is 2. The van der Waals surface area contributed by atoms with Crippen LogP contribution in [0, 0.1) is 13.8 Å². The highest BCUT2D eigenvalue weighted by Crippen LogP contribution is 2.28. The van der Waals surface area contributed by atoms with Gasteiger partial charge in [0.05, 0.1) is 0 Å². The van der Waals surface area contributed by atoms with Crippen molar-refractivity contribution in [2.24, 2.45) is 0 Å². The number of nitrogens with zero attached hydrogens (tertiary/aromatic N) is 1. The Balaban J connectivity index is 1.99. The van der Waals surface area contributed by atoms with E-state index in [0.717, 1.165) is 16.7 Å². The van der Waals surface area contributed by atoms with Crippen LogP contribution in [0.2, 0.25) is 10.0 Å². The lowest BCUT2D eigenvalue weighted by Gasteiger charge is -2.34. The molecule has 0 unspecified atom stereocenters. The molecule has 0 aliphatic rings. The summed E-state index contributed by atoms with van der Waals surface area (Å²) >= 11 is 13.0. The van der Waals surface area contributed by atoms with Crippen LogP contribution in [-0.2, 0) is 22.6 Å². The summed E-state index contributed by atoms with van der Waals surface area (Å²) in [6, 6.07) is 19.8. The fraction of sp³-hybridized carbons (Fsp3) is 0.333. The number of carbonyl (C=O) groups excluding carboxylic acids is 2. The van der Waals surface area contributed by atoms with Crippen LogP contribution in [0.4, 0.5) is 0 Å². The van der Waals surface area contributed by atoms with E-state index in [4.69, 9.17) is 27.9 Å². The first kappa shape index (κ1) is 28.5. The molecule has 0 heterocycles. The van der Waals surface area contributed by atoms with Crippen molar-refractivity contribution in [3.05, 3.63) is 99.0 Å². The van der Waals surface area contributed by atoms with E-state index in [9.17, 15) is 9.59 Å². The number of benzene rings is 3. The lowest BCUT2D eigenvalue weighted by molar-refractivity contribution is -0.143. The molecule has 0 fully saturated rings. The largest absolute Gasteiger partial charge is 0.483 e. The van der Waals surface area contributed by atoms with Crippen LogP contribution >= 0.6 is 23.2 Å². The summed E-state index contributed by atoms with van der Waals surface area (Å²) in [6.45, 7) is 9.48. The lowest BCUT2D eigenvalue weighted by Crippen LogP contribution is -2.55. The molecule has 0 saturated heterocycles. The minimum absolute atomic E-state index is 0.0582. The van der Waals surface area contributed by atoms with Gasteiger partial charge in [-0.3, -0.25) is 9.59 Å². The molecule has 0 bridgehead atoms. The van der Waals surface area contributed by atoms with Gasteiger partial charge in [-0.15, -0.1) is 0 Å². The van der Waals surface area contributed by atoms with Gasteiger partial charge >= 0.3 is 0 Å². The lowest BCUT2D eigenvalue weighted by atomic mass is 10.0. The minimum Gasteiger partial charge on any atom is -0.483 e. The summed E-state index contributed by atoms with van der Waals surface area (Å²) in [7, 11) is 0. The maximum atomic E-state index is 13.8. The molecule has 1 N–H and O–H groups in total. The smallest absolute Gasteiger partial charge is 0.261 e. The Morgan fingerprint density at radius 3 is 2.19 bits per heavy atom. The number of rotatable bonds is 9. The molecular formula is C30H34Cl2N2O3. The van der Waals surface area contributed by atoms with Crippen molar-refractivity contribution in [2.75, 3.05) is 6.61 Å². The first-order valence-electron chi connectivity index (χ1n) is 12.2. The zero-order chi connectivity index (χ0) is 27.2. The van der Waals surface area contributed by atoms with Crippen molar-refractivity contribution in [3.63, 3.8) is 0 Å². The van der Waals surface area contributed by atoms with Gasteiger partial charge in [0.1, 0.15) is 11.8 Å². The highest BCUT2D eigenvalue weighted by molar-refractivity contribution is 6.36. The highest BCUT2D eigenvalue weighted by atomic mass is 35.5. The third-order valence-electron chi connectivity index (χ3n) is 5.84. The minimum atomic E-state index is -0.816. The average molecular weight is 542 g/mol. The Bertz CT molecular complexity index is 1220. The number of hydrogen-bond donors (Lipinski definition) is 1. The van der Waals surface area contributed by atoms with E-state index in [2.05, 4.69) is 5.32 Å². The molecule has 3 rings (SSSR count). The Morgan fingerprint density at radius 2 is 1.59 bits per heavy atom. The molecule has 3 aromatic rings. The summed E-state index contributed by atoms with van der Waals surface area (Å²) in [4.78, 5) is 28.9. The summed E-state index contributed by atoms with van der Waals surface area (Å²) < 4.78 is 5.92. The van der Waals surface area contributed by atoms with E-state index in [1.807, 2.05) is 83.1 Å². The molecule has 0 radical (unpaired) electrons. The Kier molecular flexibility index (Phi) is 9.63. The van der Waals surface area contributed by atoms with Crippen LogP contribution < -0.4 is 10.1 Å². The van der Waals surface area contributed by atoms with Crippen molar-refractivity contribution in [1.82, 2.24) is 10.2 Å². The van der Waals surface area contributed by atoms with Gasteiger partial charge in [0, 0.05) is 34.1 Å². The molecule has 0 aliphatic carbocycles. The van der Waals surface area contributed by atoms with Gasteiger partial charge in [0.2, 0.25) is 5.91 Å². The zero-order valence-corrected chi connectivity index (χ0v) is 23.5. The topological polar surface area (TPSA) is 58.6 Å². The average Bonchev–Trinajstić information content (AvgIpc) is 2.81. The maximum absolute atomic E-state index is 13.8. The monoisotopic (exact) mass is 540 g/mol. The number of nitrogens with one attached hydrogen (secondary N) is 1. The normalized spacial score (nSPS) is 12.1. The van der Waals surface area contributed by atoms with Crippen LogP contribution in [0.15, 0.2) is 66.7 Å². The van der Waals surface area contributed by atoms with Gasteiger partial charge in [-0.05, 0) is 63.9 Å². The molecule has 5 nitrogen and oxygen atoms in total. The highest BCUT2D eigenvalue weighted by Gasteiger charge is 2.33. The Labute approximate surface area is 229 Å². The number of carbonyl (C=O) groups is 2. The first-order chi connectivity index (χ1) is 17.4. The molecule has 196 valence electrons. The number of ether oxygens (including phenoxy) is 1. The van der Waals surface area contributed by atoms with Crippen LogP contribution in [0.3, 0.4) is 0 Å². The van der Waals surface area contributed by atoms with Crippen molar-refractivity contribution in [1.29, 1.82) is 0 Å². The zero-order valence-electron chi connectivity index (χ0n) is 22.0. The summed E-state index contributed by atoms with van der Waals surface area (Å²) in [5.74, 6) is 0.00813. The van der Waals surface area contributed by atoms with Gasteiger partial charge in [-0.1, -0.05) is 77.3 Å². The van der Waals surface area contributed by atoms with Gasteiger partial charge in [-0.2, -0.15) is 0 Å². The Morgan fingerprint density at radius 1 is 0.946 bits per heavy atom. The van der Waals surface area contributed by atoms with E-state index >= 15 is 0 Å². The SMILES string of the molecule is Cc1ccc(OCC(=O)N(Cc2c(Cl)cccc2Cl)[C@@H](Cc2ccccc2)C(=O)NC(C)(C)C)c(C)c1. The maximum Gasteiger partial charge on any atom is 0.261 e. The number of hydrogen-bond acceptors (Lipinski definition) is 3. The molecular weight excluding hydrogens is 507 g/mol. The predicted molar refractivity (Wildman–Crippen MR) is 150 cm³/mol. The van der Waals surface area contributed by atoms with Gasteiger partial charge in [-0.25, -0.2) is 0 Å². The van der Waals surface area contributed by atoms with Crippen LogP contribution in [0.1, 0.15) is 43.0 Å². The number of aryl methyl sites for hydroxylation is 2. The van der Waals surface area contributed by atoms with E-state index in [0.29, 0.717) is 27.8 Å². The standard InChI is InChI=1S/C30H34Cl2N2O3/c1-20-14-15-27(21(2)16-20)37-19-28(35)34(18-23-24(31)12-9-13-25(23)32)26(29(36)33-30(3,4)5)17-22-10-7-6-8-11-22/h6-16,26H,17-19H2,1-5H3,(H,33,36)/t26-/m0/s1. The molecule has 3 aromatic carbocycles. The van der Waals surface area contributed by atoms with Crippen LogP contribution in [0.25, 0.3) is 0 Å². The Hall–Kier alpha value is -3.02. The second-order valence-electron chi connectivity index (χ2n) is 10.2.